The third kappa shape index (κ3) is 3.31. The number of pyridine rings is 1. The lowest BCUT2D eigenvalue weighted by Gasteiger charge is -2.41. The highest BCUT2D eigenvalue weighted by Crippen LogP contribution is 2.37. The zero-order valence-electron chi connectivity index (χ0n) is 16.4. The third-order valence-corrected chi connectivity index (χ3v) is 6.69. The number of halogens is 1. The summed E-state index contributed by atoms with van der Waals surface area (Å²) in [6.45, 7) is 4.35. The maximum Gasteiger partial charge on any atom is 0.130 e. The van der Waals surface area contributed by atoms with Crippen molar-refractivity contribution in [1.82, 2.24) is 4.98 Å². The molecule has 0 bridgehead atoms. The molecule has 4 nitrogen and oxygen atoms in total. The molecule has 1 aromatic heterocycles. The molecule has 2 aromatic rings. The molecule has 0 spiro atoms. The van der Waals surface area contributed by atoms with Crippen LogP contribution in [0.25, 0.3) is 0 Å². The summed E-state index contributed by atoms with van der Waals surface area (Å²) >= 11 is 0. The molecule has 3 aliphatic heterocycles. The van der Waals surface area contributed by atoms with E-state index in [0.29, 0.717) is 12.1 Å². The molecule has 0 aliphatic carbocycles. The molecular formula is C23H29FN4. The fraction of sp³-hybridized carbons (Fsp3) is 0.522. The molecule has 1 aromatic carbocycles. The van der Waals surface area contributed by atoms with Crippen LogP contribution in [0.1, 0.15) is 38.5 Å². The van der Waals surface area contributed by atoms with Crippen molar-refractivity contribution in [1.29, 1.82) is 0 Å². The first kappa shape index (κ1) is 17.8. The van der Waals surface area contributed by atoms with Crippen LogP contribution in [0.3, 0.4) is 0 Å². The van der Waals surface area contributed by atoms with Crippen molar-refractivity contribution in [2.45, 2.75) is 50.6 Å². The molecule has 0 saturated carbocycles. The second-order valence-electron chi connectivity index (χ2n) is 8.35. The fourth-order valence-electron chi connectivity index (χ4n) is 5.36. The maximum atomic E-state index is 13.8. The molecule has 0 N–H and O–H groups in total. The second-order valence-corrected chi connectivity index (χ2v) is 8.35. The van der Waals surface area contributed by atoms with Crippen LogP contribution in [0.15, 0.2) is 42.6 Å². The monoisotopic (exact) mass is 380 g/mol. The highest BCUT2D eigenvalue weighted by atomic mass is 19.1. The maximum absolute atomic E-state index is 13.8. The van der Waals surface area contributed by atoms with E-state index in [1.165, 1.54) is 37.4 Å². The second kappa shape index (κ2) is 7.61. The van der Waals surface area contributed by atoms with Gasteiger partial charge in [-0.15, -0.1) is 0 Å². The lowest BCUT2D eigenvalue weighted by Crippen LogP contribution is -2.50. The average Bonchev–Trinajstić information content (AvgIpc) is 3.19. The zero-order valence-corrected chi connectivity index (χ0v) is 16.4. The topological polar surface area (TPSA) is 22.6 Å². The standard InChI is InChI=1S/C23H29FN4/c24-18-6-4-7-20(16-18)27-14-5-8-21-22(27)10-15-28(21)23-17-19(9-11-25-23)26-12-2-1-3-13-26/h4,6-7,9,11,16-17,21-22H,1-3,5,8,10,12-15H2. The van der Waals surface area contributed by atoms with Crippen LogP contribution >= 0.6 is 0 Å². The molecule has 2 atom stereocenters. The zero-order chi connectivity index (χ0) is 18.9. The minimum atomic E-state index is -0.148. The van der Waals surface area contributed by atoms with Crippen molar-refractivity contribution in [2.75, 3.05) is 40.9 Å². The number of hydrogen-bond acceptors (Lipinski definition) is 4. The summed E-state index contributed by atoms with van der Waals surface area (Å²) < 4.78 is 13.8. The average molecular weight is 381 g/mol. The minimum absolute atomic E-state index is 0.148. The molecule has 0 radical (unpaired) electrons. The molecule has 3 aliphatic rings. The van der Waals surface area contributed by atoms with Gasteiger partial charge in [0.25, 0.3) is 0 Å². The Hall–Kier alpha value is -2.30. The van der Waals surface area contributed by atoms with Gasteiger partial charge in [-0.25, -0.2) is 9.37 Å². The summed E-state index contributed by atoms with van der Waals surface area (Å²) in [7, 11) is 0. The predicted molar refractivity (Wildman–Crippen MR) is 113 cm³/mol. The summed E-state index contributed by atoms with van der Waals surface area (Å²) in [5.41, 5.74) is 2.33. The minimum Gasteiger partial charge on any atom is -0.371 e. The van der Waals surface area contributed by atoms with Gasteiger partial charge < -0.3 is 14.7 Å². The lowest BCUT2D eigenvalue weighted by atomic mass is 9.96. The van der Waals surface area contributed by atoms with Gasteiger partial charge in [0, 0.05) is 49.8 Å². The lowest BCUT2D eigenvalue weighted by molar-refractivity contribution is 0.432. The van der Waals surface area contributed by atoms with Gasteiger partial charge in [-0.1, -0.05) is 6.07 Å². The van der Waals surface area contributed by atoms with Crippen LogP contribution in [-0.4, -0.2) is 43.2 Å². The van der Waals surface area contributed by atoms with Crippen LogP contribution in [0.5, 0.6) is 0 Å². The largest absolute Gasteiger partial charge is 0.371 e. The van der Waals surface area contributed by atoms with E-state index in [0.717, 1.165) is 50.5 Å². The van der Waals surface area contributed by atoms with Crippen molar-refractivity contribution in [2.24, 2.45) is 0 Å². The van der Waals surface area contributed by atoms with Crippen LogP contribution in [0, 0.1) is 5.82 Å². The number of nitrogens with zero attached hydrogens (tertiary/aromatic N) is 4. The number of aromatic nitrogens is 1. The Bertz CT molecular complexity index is 820. The summed E-state index contributed by atoms with van der Waals surface area (Å²) in [5, 5.41) is 0. The number of piperidine rings is 2. The van der Waals surface area contributed by atoms with Crippen molar-refractivity contribution in [3.8, 4) is 0 Å². The number of fused-ring (bicyclic) bond motifs is 1. The van der Waals surface area contributed by atoms with Gasteiger partial charge in [0.2, 0.25) is 0 Å². The normalized spacial score (nSPS) is 25.1. The Morgan fingerprint density at radius 3 is 2.50 bits per heavy atom. The first-order valence-electron chi connectivity index (χ1n) is 10.8. The first-order valence-corrected chi connectivity index (χ1v) is 10.8. The van der Waals surface area contributed by atoms with Gasteiger partial charge in [0.15, 0.2) is 0 Å². The number of hydrogen-bond donors (Lipinski definition) is 0. The fourth-order valence-corrected chi connectivity index (χ4v) is 5.36. The number of benzene rings is 1. The molecule has 3 fully saturated rings. The highest BCUT2D eigenvalue weighted by molar-refractivity contribution is 5.58. The first-order chi connectivity index (χ1) is 13.8. The van der Waals surface area contributed by atoms with Crippen molar-refractivity contribution < 1.29 is 4.39 Å². The SMILES string of the molecule is Fc1cccc(N2CCCC3C2CCN3c2cc(N3CCCCC3)ccn2)c1. The van der Waals surface area contributed by atoms with E-state index in [-0.39, 0.29) is 5.82 Å². The van der Waals surface area contributed by atoms with Gasteiger partial charge in [0.1, 0.15) is 11.6 Å². The van der Waals surface area contributed by atoms with E-state index < -0.39 is 0 Å². The molecule has 2 unspecified atom stereocenters. The van der Waals surface area contributed by atoms with Gasteiger partial charge in [-0.05, 0) is 62.8 Å². The quantitative estimate of drug-likeness (QED) is 0.784. The molecule has 0 amide bonds. The molecule has 4 heterocycles. The highest BCUT2D eigenvalue weighted by Gasteiger charge is 2.41. The Labute approximate surface area is 167 Å². The van der Waals surface area contributed by atoms with Crippen LogP contribution in [-0.2, 0) is 0 Å². The van der Waals surface area contributed by atoms with Crippen molar-refractivity contribution in [3.05, 3.63) is 48.4 Å². The number of rotatable bonds is 3. The molecule has 3 saturated heterocycles. The van der Waals surface area contributed by atoms with E-state index in [2.05, 4.69) is 26.8 Å². The van der Waals surface area contributed by atoms with Crippen LogP contribution < -0.4 is 14.7 Å². The van der Waals surface area contributed by atoms with Gasteiger partial charge in [0.05, 0.1) is 12.1 Å². The van der Waals surface area contributed by atoms with E-state index in [1.807, 2.05) is 18.3 Å². The molecule has 5 heteroatoms. The van der Waals surface area contributed by atoms with E-state index >= 15 is 0 Å². The van der Waals surface area contributed by atoms with E-state index in [1.54, 1.807) is 6.07 Å². The number of anilines is 3. The van der Waals surface area contributed by atoms with Crippen LogP contribution in [0.2, 0.25) is 0 Å². The smallest absolute Gasteiger partial charge is 0.130 e. The summed E-state index contributed by atoms with van der Waals surface area (Å²) in [5.74, 6) is 0.960. The molecule has 148 valence electrons. The van der Waals surface area contributed by atoms with Crippen molar-refractivity contribution >= 4 is 17.2 Å². The van der Waals surface area contributed by atoms with Crippen LogP contribution in [0.4, 0.5) is 21.6 Å². The predicted octanol–water partition coefficient (Wildman–Crippen LogP) is 4.46. The summed E-state index contributed by atoms with van der Waals surface area (Å²) in [6, 6.07) is 12.4. The molecule has 28 heavy (non-hydrogen) atoms. The molecule has 5 rings (SSSR count). The van der Waals surface area contributed by atoms with E-state index in [9.17, 15) is 4.39 Å². The summed E-state index contributed by atoms with van der Waals surface area (Å²) in [6.07, 6.45) is 9.33. The Kier molecular flexibility index (Phi) is 4.83. The summed E-state index contributed by atoms with van der Waals surface area (Å²) in [4.78, 5) is 12.2. The van der Waals surface area contributed by atoms with Gasteiger partial charge in [-0.2, -0.15) is 0 Å². The van der Waals surface area contributed by atoms with E-state index in [4.69, 9.17) is 4.98 Å². The van der Waals surface area contributed by atoms with Crippen molar-refractivity contribution in [3.63, 3.8) is 0 Å². The van der Waals surface area contributed by atoms with Gasteiger partial charge >= 0.3 is 0 Å². The third-order valence-electron chi connectivity index (χ3n) is 6.69. The molecular weight excluding hydrogens is 351 g/mol. The Morgan fingerprint density at radius 1 is 0.786 bits per heavy atom. The van der Waals surface area contributed by atoms with Gasteiger partial charge in [-0.3, -0.25) is 0 Å². The Balaban J connectivity index is 1.38. The Morgan fingerprint density at radius 2 is 1.64 bits per heavy atom.